The Morgan fingerprint density at radius 3 is 2.71 bits per heavy atom. The largest absolute Gasteiger partial charge is 0.320 e. The molecule has 0 saturated heterocycles. The van der Waals surface area contributed by atoms with Gasteiger partial charge in [-0.2, -0.15) is 0 Å². The van der Waals surface area contributed by atoms with Crippen LogP contribution in [-0.4, -0.2) is 20.8 Å². The van der Waals surface area contributed by atoms with E-state index < -0.39 is 16.5 Å². The molecule has 2 aromatic rings. The average molecular weight is 307 g/mol. The highest BCUT2D eigenvalue weighted by Gasteiger charge is 2.22. The zero-order chi connectivity index (χ0) is 15.6. The maximum atomic E-state index is 12.2. The number of amides is 1. The van der Waals surface area contributed by atoms with E-state index >= 15 is 0 Å². The molecule has 0 aliphatic heterocycles. The standard InChI is InChI=1S/C13H11ClN4O3/c1-7-3-4-10(8(2)16-7)17-13(19)9-5-12(14)15-6-11(9)18(20)21/h3-6H,1-2H3,(H,17,19). The van der Waals surface area contributed by atoms with Gasteiger partial charge in [0, 0.05) is 5.69 Å². The molecule has 0 bridgehead atoms. The highest BCUT2D eigenvalue weighted by Crippen LogP contribution is 2.22. The molecule has 1 amide bonds. The van der Waals surface area contributed by atoms with Gasteiger partial charge < -0.3 is 5.32 Å². The van der Waals surface area contributed by atoms with Crippen LogP contribution in [0.2, 0.25) is 5.15 Å². The lowest BCUT2D eigenvalue weighted by atomic mass is 10.2. The molecule has 2 rings (SSSR count). The van der Waals surface area contributed by atoms with Crippen molar-refractivity contribution in [1.82, 2.24) is 9.97 Å². The lowest BCUT2D eigenvalue weighted by Gasteiger charge is -2.08. The Kier molecular flexibility index (Phi) is 4.13. The number of carbonyl (C=O) groups excluding carboxylic acids is 1. The van der Waals surface area contributed by atoms with Gasteiger partial charge in [0.15, 0.2) is 0 Å². The second kappa shape index (κ2) is 5.84. The molecule has 7 nitrogen and oxygen atoms in total. The Morgan fingerprint density at radius 2 is 2.10 bits per heavy atom. The molecule has 0 aliphatic carbocycles. The highest BCUT2D eigenvalue weighted by molar-refractivity contribution is 6.30. The third-order valence-electron chi connectivity index (χ3n) is 2.76. The van der Waals surface area contributed by atoms with Gasteiger partial charge >= 0.3 is 0 Å². The summed E-state index contributed by atoms with van der Waals surface area (Å²) in [4.78, 5) is 30.3. The number of nitrogens with zero attached hydrogens (tertiary/aromatic N) is 3. The monoisotopic (exact) mass is 306 g/mol. The van der Waals surface area contributed by atoms with Crippen LogP contribution in [0.15, 0.2) is 24.4 Å². The normalized spacial score (nSPS) is 10.2. The molecular formula is C13H11ClN4O3. The smallest absolute Gasteiger partial charge is 0.300 e. The van der Waals surface area contributed by atoms with Gasteiger partial charge in [-0.25, -0.2) is 4.98 Å². The molecule has 0 radical (unpaired) electrons. The number of hydrogen-bond donors (Lipinski definition) is 1. The molecule has 0 unspecified atom stereocenters. The molecule has 0 saturated carbocycles. The number of halogens is 1. The zero-order valence-corrected chi connectivity index (χ0v) is 12.0. The number of hydrogen-bond acceptors (Lipinski definition) is 5. The van der Waals surface area contributed by atoms with Gasteiger partial charge in [-0.1, -0.05) is 11.6 Å². The Labute approximate surface area is 125 Å². The predicted molar refractivity (Wildman–Crippen MR) is 77.6 cm³/mol. The number of carbonyl (C=O) groups is 1. The summed E-state index contributed by atoms with van der Waals surface area (Å²) >= 11 is 5.69. The zero-order valence-electron chi connectivity index (χ0n) is 11.3. The van der Waals surface area contributed by atoms with Crippen LogP contribution in [0.5, 0.6) is 0 Å². The van der Waals surface area contributed by atoms with Crippen molar-refractivity contribution in [3.63, 3.8) is 0 Å². The number of aryl methyl sites for hydroxylation is 2. The highest BCUT2D eigenvalue weighted by atomic mass is 35.5. The maximum absolute atomic E-state index is 12.2. The molecule has 2 aromatic heterocycles. The van der Waals surface area contributed by atoms with E-state index in [1.54, 1.807) is 19.1 Å². The minimum atomic E-state index is -0.682. The lowest BCUT2D eigenvalue weighted by Crippen LogP contribution is -2.15. The van der Waals surface area contributed by atoms with Gasteiger partial charge in [0.1, 0.15) is 16.9 Å². The number of rotatable bonds is 3. The summed E-state index contributed by atoms with van der Waals surface area (Å²) in [6, 6.07) is 4.58. The molecule has 0 aromatic carbocycles. The SMILES string of the molecule is Cc1ccc(NC(=O)c2cc(Cl)ncc2[N+](=O)[O-])c(C)n1. The quantitative estimate of drug-likeness (QED) is 0.534. The molecule has 108 valence electrons. The van der Waals surface area contributed by atoms with Crippen molar-refractivity contribution in [2.24, 2.45) is 0 Å². The van der Waals surface area contributed by atoms with Crippen molar-refractivity contribution < 1.29 is 9.72 Å². The van der Waals surface area contributed by atoms with Crippen molar-refractivity contribution in [3.8, 4) is 0 Å². The van der Waals surface area contributed by atoms with E-state index in [-0.39, 0.29) is 10.7 Å². The minimum absolute atomic E-state index is 0.00417. The number of nitrogens with one attached hydrogen (secondary N) is 1. The van der Waals surface area contributed by atoms with Crippen LogP contribution in [-0.2, 0) is 0 Å². The van der Waals surface area contributed by atoms with Crippen molar-refractivity contribution in [3.05, 3.63) is 56.6 Å². The van der Waals surface area contributed by atoms with Gasteiger partial charge in [0.2, 0.25) is 0 Å². The summed E-state index contributed by atoms with van der Waals surface area (Å²) in [7, 11) is 0. The number of aromatic nitrogens is 2. The summed E-state index contributed by atoms with van der Waals surface area (Å²) in [5, 5.41) is 13.5. The van der Waals surface area contributed by atoms with E-state index in [9.17, 15) is 14.9 Å². The molecule has 8 heteroatoms. The van der Waals surface area contributed by atoms with Crippen molar-refractivity contribution in [2.75, 3.05) is 5.32 Å². The third kappa shape index (κ3) is 3.32. The molecule has 1 N–H and O–H groups in total. The second-order valence-corrected chi connectivity index (χ2v) is 4.71. The fourth-order valence-electron chi connectivity index (χ4n) is 1.76. The summed E-state index contributed by atoms with van der Waals surface area (Å²) in [6.45, 7) is 3.56. The van der Waals surface area contributed by atoms with Gasteiger partial charge in [0.05, 0.1) is 16.3 Å². The second-order valence-electron chi connectivity index (χ2n) is 4.32. The van der Waals surface area contributed by atoms with E-state index in [2.05, 4.69) is 15.3 Å². The van der Waals surface area contributed by atoms with Crippen molar-refractivity contribution >= 4 is 28.9 Å². The van der Waals surface area contributed by atoms with E-state index in [0.717, 1.165) is 18.0 Å². The van der Waals surface area contributed by atoms with Crippen molar-refractivity contribution in [1.29, 1.82) is 0 Å². The maximum Gasteiger partial charge on any atom is 0.300 e. The Balaban J connectivity index is 2.36. The molecular weight excluding hydrogens is 296 g/mol. The number of nitro groups is 1. The summed E-state index contributed by atoms with van der Waals surface area (Å²) in [5.41, 5.74) is 1.34. The Morgan fingerprint density at radius 1 is 1.38 bits per heavy atom. The molecule has 0 spiro atoms. The van der Waals surface area contributed by atoms with E-state index in [1.165, 1.54) is 0 Å². The van der Waals surface area contributed by atoms with E-state index in [4.69, 9.17) is 11.6 Å². The predicted octanol–water partition coefficient (Wildman–Crippen LogP) is 2.91. The fraction of sp³-hybridized carbons (Fsp3) is 0.154. The van der Waals surface area contributed by atoms with Crippen LogP contribution in [0.3, 0.4) is 0 Å². The first-order valence-corrected chi connectivity index (χ1v) is 6.32. The summed E-state index contributed by atoms with van der Waals surface area (Å²) in [6.07, 6.45) is 0.956. The van der Waals surface area contributed by atoms with Crippen LogP contribution < -0.4 is 5.32 Å². The summed E-state index contributed by atoms with van der Waals surface area (Å²) in [5.74, 6) is -0.639. The third-order valence-corrected chi connectivity index (χ3v) is 2.97. The molecule has 0 fully saturated rings. The average Bonchev–Trinajstić information content (AvgIpc) is 2.41. The number of pyridine rings is 2. The van der Waals surface area contributed by atoms with Crippen molar-refractivity contribution in [2.45, 2.75) is 13.8 Å². The van der Waals surface area contributed by atoms with Crippen LogP contribution >= 0.6 is 11.6 Å². The Bertz CT molecular complexity index is 733. The van der Waals surface area contributed by atoms with Gasteiger partial charge in [-0.3, -0.25) is 19.9 Å². The van der Waals surface area contributed by atoms with Gasteiger partial charge in [0.25, 0.3) is 11.6 Å². The van der Waals surface area contributed by atoms with Crippen LogP contribution in [0, 0.1) is 24.0 Å². The van der Waals surface area contributed by atoms with Crippen LogP contribution in [0.1, 0.15) is 21.7 Å². The first-order chi connectivity index (χ1) is 9.88. The first-order valence-electron chi connectivity index (χ1n) is 5.94. The van der Waals surface area contributed by atoms with Gasteiger partial charge in [-0.05, 0) is 32.0 Å². The van der Waals surface area contributed by atoms with E-state index in [0.29, 0.717) is 11.4 Å². The lowest BCUT2D eigenvalue weighted by molar-refractivity contribution is -0.385. The topological polar surface area (TPSA) is 98.0 Å². The Hall–Kier alpha value is -2.54. The number of anilines is 1. The molecule has 0 aliphatic rings. The molecule has 2 heterocycles. The van der Waals surface area contributed by atoms with Crippen LogP contribution in [0.4, 0.5) is 11.4 Å². The fourth-order valence-corrected chi connectivity index (χ4v) is 1.92. The first kappa shape index (κ1) is 14.9. The molecule has 0 atom stereocenters. The minimum Gasteiger partial charge on any atom is -0.320 e. The van der Waals surface area contributed by atoms with Crippen LogP contribution in [0.25, 0.3) is 0 Å². The summed E-state index contributed by atoms with van der Waals surface area (Å²) < 4.78 is 0. The van der Waals surface area contributed by atoms with E-state index in [1.807, 2.05) is 6.92 Å². The van der Waals surface area contributed by atoms with Gasteiger partial charge in [-0.15, -0.1) is 0 Å². The molecule has 21 heavy (non-hydrogen) atoms.